The Kier molecular flexibility index (Phi) is 6.91. The highest BCUT2D eigenvalue weighted by molar-refractivity contribution is 6.50. The van der Waals surface area contributed by atoms with Gasteiger partial charge in [-0.25, -0.2) is 0 Å². The molecule has 0 bridgehead atoms. The molecule has 1 aliphatic heterocycles. The lowest BCUT2D eigenvalue weighted by Crippen LogP contribution is -2.19. The molecule has 0 atom stereocenters. The third-order valence-corrected chi connectivity index (χ3v) is 1.68. The van der Waals surface area contributed by atoms with E-state index in [1.54, 1.807) is 0 Å². The van der Waals surface area contributed by atoms with Crippen molar-refractivity contribution < 1.29 is 18.7 Å². The molecule has 1 heterocycles. The van der Waals surface area contributed by atoms with Crippen molar-refractivity contribution >= 4 is 7.25 Å². The zero-order valence-corrected chi connectivity index (χ0v) is 8.67. The van der Waals surface area contributed by atoms with E-state index in [1.807, 2.05) is 0 Å². The maximum atomic E-state index is 9.75. The van der Waals surface area contributed by atoms with E-state index in [0.717, 1.165) is 6.54 Å². The fourth-order valence-electron chi connectivity index (χ4n) is 1.03. The molecule has 0 aromatic carbocycles. The topological polar surface area (TPSA) is 3.24 Å². The van der Waals surface area contributed by atoms with Crippen LogP contribution < -0.4 is 0 Å². The van der Waals surface area contributed by atoms with Crippen molar-refractivity contribution in [1.82, 2.24) is 4.90 Å². The van der Waals surface area contributed by atoms with E-state index in [4.69, 9.17) is 0 Å². The van der Waals surface area contributed by atoms with Crippen molar-refractivity contribution in [3.05, 3.63) is 24.4 Å². The van der Waals surface area contributed by atoms with Gasteiger partial charge in [0, 0.05) is 13.1 Å². The van der Waals surface area contributed by atoms with Gasteiger partial charge in [0.05, 0.1) is 0 Å². The van der Waals surface area contributed by atoms with Crippen LogP contribution in [0.3, 0.4) is 0 Å². The number of halogens is 4. The third-order valence-electron chi connectivity index (χ3n) is 1.68. The molecular weight excluding hydrogens is 209 g/mol. The lowest BCUT2D eigenvalue weighted by Gasteiger charge is -2.19. The molecule has 0 amide bonds. The number of nitrogens with zero attached hydrogens (tertiary/aromatic N) is 1. The van der Waals surface area contributed by atoms with E-state index < -0.39 is 7.25 Å². The molecule has 88 valence electrons. The second-order valence-corrected chi connectivity index (χ2v) is 3.11. The number of rotatable bonds is 3. The zero-order chi connectivity index (χ0) is 11.7. The molecule has 0 unspecified atom stereocenters. The SMILES string of the molecule is CCCCN1C=CC=CC1.F[B-](F)(F)F.[H+]. The molecule has 0 aromatic rings. The van der Waals surface area contributed by atoms with Gasteiger partial charge < -0.3 is 22.2 Å². The van der Waals surface area contributed by atoms with Crippen molar-refractivity contribution in [1.29, 1.82) is 0 Å². The first kappa shape index (κ1) is 14.1. The predicted molar refractivity (Wildman–Crippen MR) is 56.1 cm³/mol. The monoisotopic (exact) mass is 225 g/mol. The Morgan fingerprint density at radius 1 is 1.27 bits per heavy atom. The molecule has 0 spiro atoms. The van der Waals surface area contributed by atoms with Crippen LogP contribution in [-0.4, -0.2) is 25.2 Å². The summed E-state index contributed by atoms with van der Waals surface area (Å²) in [6, 6.07) is 0. The summed E-state index contributed by atoms with van der Waals surface area (Å²) in [7, 11) is -6.00. The standard InChI is InChI=1S/C9H15N.BF4/c1-2-3-7-10-8-5-4-6-9-10;2-1(3,4)5/h4-6,8H,2-3,7,9H2,1H3;/q;-1/p+1. The molecule has 0 N–H and O–H groups in total. The van der Waals surface area contributed by atoms with Gasteiger partial charge in [-0.2, -0.15) is 0 Å². The molecule has 1 rings (SSSR count). The van der Waals surface area contributed by atoms with E-state index in [-0.39, 0.29) is 1.43 Å². The average Bonchev–Trinajstić information content (AvgIpc) is 2.14. The van der Waals surface area contributed by atoms with Gasteiger partial charge in [-0.05, 0) is 18.7 Å². The number of hydrogen-bond acceptors (Lipinski definition) is 1. The summed E-state index contributed by atoms with van der Waals surface area (Å²) in [6.07, 6.45) is 11.1. The van der Waals surface area contributed by atoms with Crippen LogP contribution in [0.5, 0.6) is 0 Å². The molecule has 0 aromatic heterocycles. The van der Waals surface area contributed by atoms with E-state index in [0.29, 0.717) is 0 Å². The van der Waals surface area contributed by atoms with Gasteiger partial charge >= 0.3 is 8.68 Å². The Balaban J connectivity index is 0. The highest BCUT2D eigenvalue weighted by atomic mass is 19.5. The molecule has 0 radical (unpaired) electrons. The van der Waals surface area contributed by atoms with Gasteiger partial charge in [0.15, 0.2) is 0 Å². The van der Waals surface area contributed by atoms with E-state index in [9.17, 15) is 17.3 Å². The van der Waals surface area contributed by atoms with E-state index in [1.165, 1.54) is 19.4 Å². The van der Waals surface area contributed by atoms with Gasteiger partial charge in [0.25, 0.3) is 0 Å². The van der Waals surface area contributed by atoms with Crippen LogP contribution in [0.15, 0.2) is 24.4 Å². The Bertz CT molecular complexity index is 212. The molecule has 0 saturated heterocycles. The molecule has 6 heteroatoms. The molecule has 0 aliphatic carbocycles. The minimum atomic E-state index is -6.00. The van der Waals surface area contributed by atoms with Crippen LogP contribution in [0.25, 0.3) is 0 Å². The second kappa shape index (κ2) is 7.37. The van der Waals surface area contributed by atoms with Crippen LogP contribution in [0.2, 0.25) is 0 Å². The van der Waals surface area contributed by atoms with Gasteiger partial charge in [0.2, 0.25) is 0 Å². The minimum Gasteiger partial charge on any atom is -0.418 e. The van der Waals surface area contributed by atoms with Crippen molar-refractivity contribution in [2.24, 2.45) is 0 Å². The summed E-state index contributed by atoms with van der Waals surface area (Å²) in [5, 5.41) is 0. The molecule has 0 fully saturated rings. The van der Waals surface area contributed by atoms with Gasteiger partial charge in [0.1, 0.15) is 0 Å². The molecule has 1 nitrogen and oxygen atoms in total. The molecular formula is C9H16BF4N. The Hall–Kier alpha value is -0.935. The van der Waals surface area contributed by atoms with Crippen LogP contribution in [0, 0.1) is 0 Å². The maximum Gasteiger partial charge on any atom is 1.00 e. The minimum absolute atomic E-state index is 0. The summed E-state index contributed by atoms with van der Waals surface area (Å²) in [6.45, 7) is 4.53. The van der Waals surface area contributed by atoms with Crippen LogP contribution in [-0.2, 0) is 0 Å². The lowest BCUT2D eigenvalue weighted by atomic mass is 10.3. The zero-order valence-electron chi connectivity index (χ0n) is 9.67. The first-order chi connectivity index (χ1) is 6.93. The fourth-order valence-corrected chi connectivity index (χ4v) is 1.03. The largest absolute Gasteiger partial charge is 1.00 e. The van der Waals surface area contributed by atoms with Crippen LogP contribution >= 0.6 is 0 Å². The van der Waals surface area contributed by atoms with Gasteiger partial charge in [-0.15, -0.1) is 0 Å². The first-order valence-electron chi connectivity index (χ1n) is 4.88. The number of allylic oxidation sites excluding steroid dienone is 2. The lowest BCUT2D eigenvalue weighted by molar-refractivity contribution is 0.368. The van der Waals surface area contributed by atoms with E-state index in [2.05, 4.69) is 36.3 Å². The normalized spacial score (nSPS) is 14.9. The van der Waals surface area contributed by atoms with Crippen molar-refractivity contribution in [2.45, 2.75) is 19.8 Å². The second-order valence-electron chi connectivity index (χ2n) is 3.11. The summed E-state index contributed by atoms with van der Waals surface area (Å²) in [5.74, 6) is 0. The highest BCUT2D eigenvalue weighted by Crippen LogP contribution is 2.06. The Labute approximate surface area is 89.0 Å². The van der Waals surface area contributed by atoms with Crippen LogP contribution in [0.4, 0.5) is 17.3 Å². The predicted octanol–water partition coefficient (Wildman–Crippen LogP) is 3.58. The summed E-state index contributed by atoms with van der Waals surface area (Å²) in [5.41, 5.74) is 0. The Morgan fingerprint density at radius 3 is 2.27 bits per heavy atom. The van der Waals surface area contributed by atoms with E-state index >= 15 is 0 Å². The molecule has 0 saturated carbocycles. The average molecular weight is 225 g/mol. The number of hydrogen-bond donors (Lipinski definition) is 0. The third kappa shape index (κ3) is 13.1. The maximum absolute atomic E-state index is 9.75. The van der Waals surface area contributed by atoms with Crippen molar-refractivity contribution in [2.75, 3.05) is 13.1 Å². The fraction of sp³-hybridized carbons (Fsp3) is 0.556. The first-order valence-corrected chi connectivity index (χ1v) is 4.88. The Morgan fingerprint density at radius 2 is 1.87 bits per heavy atom. The van der Waals surface area contributed by atoms with Crippen molar-refractivity contribution in [3.63, 3.8) is 0 Å². The highest BCUT2D eigenvalue weighted by Gasteiger charge is 2.20. The molecule has 15 heavy (non-hydrogen) atoms. The molecule has 1 aliphatic rings. The summed E-state index contributed by atoms with van der Waals surface area (Å²) < 4.78 is 39.0. The quantitative estimate of drug-likeness (QED) is 0.524. The number of unbranched alkanes of at least 4 members (excludes halogenated alkanes) is 1. The van der Waals surface area contributed by atoms with Gasteiger partial charge in [-0.3, -0.25) is 0 Å². The van der Waals surface area contributed by atoms with Gasteiger partial charge in [-0.1, -0.05) is 25.5 Å². The smallest absolute Gasteiger partial charge is 0.418 e. The summed E-state index contributed by atoms with van der Waals surface area (Å²) >= 11 is 0. The van der Waals surface area contributed by atoms with Crippen molar-refractivity contribution in [3.8, 4) is 0 Å². The van der Waals surface area contributed by atoms with Crippen LogP contribution in [0.1, 0.15) is 21.2 Å². The summed E-state index contributed by atoms with van der Waals surface area (Å²) in [4.78, 5) is 2.34.